The zero-order valence-corrected chi connectivity index (χ0v) is 13.1. The van der Waals surface area contributed by atoms with Crippen LogP contribution in [0.1, 0.15) is 17.3 Å². The van der Waals surface area contributed by atoms with Gasteiger partial charge in [-0.3, -0.25) is 9.59 Å². The second-order valence-corrected chi connectivity index (χ2v) is 5.52. The number of fused-ring (bicyclic) bond motifs is 1. The molecule has 2 amide bonds. The van der Waals surface area contributed by atoms with Gasteiger partial charge in [0.1, 0.15) is 5.75 Å². The van der Waals surface area contributed by atoms with Gasteiger partial charge >= 0.3 is 0 Å². The molecule has 2 aromatic carbocycles. The Hall–Kier alpha value is -2.82. The van der Waals surface area contributed by atoms with Gasteiger partial charge in [-0.25, -0.2) is 0 Å². The van der Waals surface area contributed by atoms with Gasteiger partial charge in [-0.15, -0.1) is 0 Å². The molecule has 0 saturated carbocycles. The average Bonchev–Trinajstić information content (AvgIpc) is 2.71. The normalized spacial score (nSPS) is 17.0. The maximum absolute atomic E-state index is 13.1. The topological polar surface area (TPSA) is 58.6 Å². The fourth-order valence-electron chi connectivity index (χ4n) is 2.68. The Morgan fingerprint density at radius 1 is 1.17 bits per heavy atom. The summed E-state index contributed by atoms with van der Waals surface area (Å²) in [6.07, 6.45) is 0. The number of anilines is 2. The first-order chi connectivity index (χ1) is 11.1. The van der Waals surface area contributed by atoms with Crippen molar-refractivity contribution in [3.8, 4) is 5.75 Å². The van der Waals surface area contributed by atoms with E-state index >= 15 is 0 Å². The number of hydrogen-bond donors (Lipinski definition) is 1. The van der Waals surface area contributed by atoms with Crippen LogP contribution in [0.25, 0.3) is 0 Å². The molecule has 0 unspecified atom stereocenters. The molecule has 0 radical (unpaired) electrons. The minimum absolute atomic E-state index is 0.0900. The second-order valence-electron chi connectivity index (χ2n) is 5.52. The predicted octanol–water partition coefficient (Wildman–Crippen LogP) is 2.93. The van der Waals surface area contributed by atoms with Gasteiger partial charge in [0.15, 0.2) is 0 Å². The number of amides is 2. The van der Waals surface area contributed by atoms with Gasteiger partial charge in [0.05, 0.1) is 30.0 Å². The summed E-state index contributed by atoms with van der Waals surface area (Å²) >= 11 is 0. The number of ether oxygens (including phenoxy) is 1. The molecule has 5 heteroatoms. The summed E-state index contributed by atoms with van der Waals surface area (Å²) < 4.78 is 5.29. The molecule has 0 saturated heterocycles. The van der Waals surface area contributed by atoms with Crippen LogP contribution in [0.5, 0.6) is 5.75 Å². The molecule has 118 valence electrons. The molecule has 3 rings (SSSR count). The highest BCUT2D eigenvalue weighted by molar-refractivity contribution is 6.12. The predicted molar refractivity (Wildman–Crippen MR) is 88.9 cm³/mol. The number of hydrogen-bond acceptors (Lipinski definition) is 3. The van der Waals surface area contributed by atoms with E-state index in [1.807, 2.05) is 31.2 Å². The van der Waals surface area contributed by atoms with Crippen LogP contribution in [0.4, 0.5) is 11.4 Å². The maximum Gasteiger partial charge on any atom is 0.262 e. The summed E-state index contributed by atoms with van der Waals surface area (Å²) in [5, 5.41) is 2.87. The molecule has 5 nitrogen and oxygen atoms in total. The lowest BCUT2D eigenvalue weighted by Gasteiger charge is -2.24. The van der Waals surface area contributed by atoms with Gasteiger partial charge in [0, 0.05) is 6.54 Å². The number of carbonyl (C=O) groups is 2. The molecule has 1 atom stereocenters. The second kappa shape index (κ2) is 6.12. The maximum atomic E-state index is 13.1. The molecular weight excluding hydrogens is 292 g/mol. The molecule has 23 heavy (non-hydrogen) atoms. The van der Waals surface area contributed by atoms with Crippen molar-refractivity contribution in [3.63, 3.8) is 0 Å². The fraction of sp³-hybridized carbons (Fsp3) is 0.222. The molecule has 1 aliphatic heterocycles. The third kappa shape index (κ3) is 2.77. The Kier molecular flexibility index (Phi) is 4.02. The Bertz CT molecular complexity index is 757. The van der Waals surface area contributed by atoms with E-state index in [-0.39, 0.29) is 17.7 Å². The molecule has 1 aliphatic rings. The highest BCUT2D eigenvalue weighted by atomic mass is 16.5. The minimum Gasteiger partial charge on any atom is -0.496 e. The van der Waals surface area contributed by atoms with Crippen molar-refractivity contribution < 1.29 is 14.3 Å². The number of benzene rings is 2. The smallest absolute Gasteiger partial charge is 0.262 e. The van der Waals surface area contributed by atoms with Crippen LogP contribution >= 0.6 is 0 Å². The minimum atomic E-state index is -0.305. The van der Waals surface area contributed by atoms with Crippen LogP contribution in [0, 0.1) is 5.92 Å². The fourth-order valence-corrected chi connectivity index (χ4v) is 2.68. The summed E-state index contributed by atoms with van der Waals surface area (Å²) in [5.74, 6) is -0.0572. The zero-order valence-electron chi connectivity index (χ0n) is 13.1. The highest BCUT2D eigenvalue weighted by Gasteiger charge is 2.30. The van der Waals surface area contributed by atoms with Crippen LogP contribution in [0.15, 0.2) is 48.5 Å². The molecular formula is C18H18N2O3. The van der Waals surface area contributed by atoms with E-state index < -0.39 is 0 Å². The number of para-hydroxylation sites is 3. The van der Waals surface area contributed by atoms with Crippen molar-refractivity contribution in [2.75, 3.05) is 23.9 Å². The lowest BCUT2D eigenvalue weighted by Crippen LogP contribution is -2.36. The van der Waals surface area contributed by atoms with E-state index in [4.69, 9.17) is 4.74 Å². The van der Waals surface area contributed by atoms with Crippen molar-refractivity contribution >= 4 is 23.2 Å². The monoisotopic (exact) mass is 310 g/mol. The van der Waals surface area contributed by atoms with Crippen molar-refractivity contribution in [3.05, 3.63) is 54.1 Å². The molecule has 0 aromatic heterocycles. The van der Waals surface area contributed by atoms with Crippen molar-refractivity contribution in [2.24, 2.45) is 5.92 Å². The van der Waals surface area contributed by atoms with E-state index in [2.05, 4.69) is 5.32 Å². The van der Waals surface area contributed by atoms with Gasteiger partial charge in [0.25, 0.3) is 5.91 Å². The number of rotatable bonds is 2. The lowest BCUT2D eigenvalue weighted by atomic mass is 10.1. The average molecular weight is 310 g/mol. The Morgan fingerprint density at radius 3 is 2.65 bits per heavy atom. The van der Waals surface area contributed by atoms with Crippen LogP contribution in [-0.2, 0) is 4.79 Å². The first-order valence-electron chi connectivity index (χ1n) is 7.46. The molecule has 2 aromatic rings. The van der Waals surface area contributed by atoms with E-state index in [1.165, 1.54) is 7.11 Å². The lowest BCUT2D eigenvalue weighted by molar-refractivity contribution is -0.119. The summed E-state index contributed by atoms with van der Waals surface area (Å²) in [4.78, 5) is 26.8. The highest BCUT2D eigenvalue weighted by Crippen LogP contribution is 2.32. The van der Waals surface area contributed by atoms with Gasteiger partial charge in [-0.2, -0.15) is 0 Å². The number of nitrogens with one attached hydrogen (secondary N) is 1. The zero-order chi connectivity index (χ0) is 16.4. The molecule has 0 spiro atoms. The van der Waals surface area contributed by atoms with Crippen LogP contribution in [0.3, 0.4) is 0 Å². The van der Waals surface area contributed by atoms with Gasteiger partial charge < -0.3 is 15.0 Å². The third-order valence-corrected chi connectivity index (χ3v) is 3.94. The molecule has 0 fully saturated rings. The SMILES string of the molecule is COc1ccccc1C(=O)N1C[C@@H](C)C(=O)Nc2ccccc21. The summed E-state index contributed by atoms with van der Waals surface area (Å²) in [6.45, 7) is 2.13. The Balaban J connectivity index is 2.07. The number of nitrogens with zero attached hydrogens (tertiary/aromatic N) is 1. The van der Waals surface area contributed by atoms with Gasteiger partial charge in [-0.05, 0) is 24.3 Å². The Labute approximate surface area is 134 Å². The number of methoxy groups -OCH3 is 1. The van der Waals surface area contributed by atoms with Crippen molar-refractivity contribution in [2.45, 2.75) is 6.92 Å². The summed E-state index contributed by atoms with van der Waals surface area (Å²) in [7, 11) is 1.54. The van der Waals surface area contributed by atoms with E-state index in [0.29, 0.717) is 29.2 Å². The third-order valence-electron chi connectivity index (χ3n) is 3.94. The summed E-state index contributed by atoms with van der Waals surface area (Å²) in [6, 6.07) is 14.4. The summed E-state index contributed by atoms with van der Waals surface area (Å²) in [5.41, 5.74) is 1.82. The quantitative estimate of drug-likeness (QED) is 0.928. The van der Waals surface area contributed by atoms with E-state index in [0.717, 1.165) is 0 Å². The van der Waals surface area contributed by atoms with Gasteiger partial charge in [0.2, 0.25) is 5.91 Å². The first-order valence-corrected chi connectivity index (χ1v) is 7.46. The van der Waals surface area contributed by atoms with E-state index in [9.17, 15) is 9.59 Å². The molecule has 1 heterocycles. The largest absolute Gasteiger partial charge is 0.496 e. The molecule has 1 N–H and O–H groups in total. The van der Waals surface area contributed by atoms with Crippen LogP contribution in [0.2, 0.25) is 0 Å². The van der Waals surface area contributed by atoms with Crippen molar-refractivity contribution in [1.29, 1.82) is 0 Å². The van der Waals surface area contributed by atoms with Gasteiger partial charge in [-0.1, -0.05) is 31.2 Å². The first kappa shape index (κ1) is 15.1. The van der Waals surface area contributed by atoms with Crippen molar-refractivity contribution in [1.82, 2.24) is 0 Å². The van der Waals surface area contributed by atoms with E-state index in [1.54, 1.807) is 29.2 Å². The van der Waals surface area contributed by atoms with Crippen LogP contribution in [-0.4, -0.2) is 25.5 Å². The molecule has 0 bridgehead atoms. The number of carbonyl (C=O) groups excluding carboxylic acids is 2. The Morgan fingerprint density at radius 2 is 1.87 bits per heavy atom. The van der Waals surface area contributed by atoms with Crippen LogP contribution < -0.4 is 15.0 Å². The standard InChI is InChI=1S/C18H18N2O3/c1-12-11-20(15-9-5-4-8-14(15)19-17(12)21)18(22)13-7-3-6-10-16(13)23-2/h3-10,12H,11H2,1-2H3,(H,19,21)/t12-/m1/s1. The molecule has 0 aliphatic carbocycles.